The van der Waals surface area contributed by atoms with Crippen molar-refractivity contribution in [2.45, 2.75) is 23.8 Å². The van der Waals surface area contributed by atoms with Crippen LogP contribution in [0.4, 0.5) is 0 Å². The number of sulfonamides is 1. The van der Waals surface area contributed by atoms with E-state index >= 15 is 0 Å². The number of likely N-dealkylation sites (tertiary alicyclic amines) is 1. The number of hydrogen-bond donors (Lipinski definition) is 3. The molecule has 0 bridgehead atoms. The first kappa shape index (κ1) is 21.3. The molecule has 2 aromatic carbocycles. The fraction of sp³-hybridized carbons (Fsp3) is 0.333. The van der Waals surface area contributed by atoms with Crippen molar-refractivity contribution in [3.8, 4) is 5.75 Å². The highest BCUT2D eigenvalue weighted by Gasteiger charge is 2.26. The summed E-state index contributed by atoms with van der Waals surface area (Å²) in [6.45, 7) is 1.98. The van der Waals surface area contributed by atoms with Crippen molar-refractivity contribution in [2.24, 2.45) is 0 Å². The van der Waals surface area contributed by atoms with Gasteiger partial charge in [0.2, 0.25) is 10.0 Å². The van der Waals surface area contributed by atoms with Gasteiger partial charge in [-0.1, -0.05) is 12.1 Å². The quantitative estimate of drug-likeness (QED) is 0.473. The zero-order valence-corrected chi connectivity index (χ0v) is 17.9. The van der Waals surface area contributed by atoms with Crippen molar-refractivity contribution in [3.05, 3.63) is 68.7 Å². The molecule has 9 nitrogen and oxygen atoms in total. The summed E-state index contributed by atoms with van der Waals surface area (Å²) in [5.41, 5.74) is -0.0364. The van der Waals surface area contributed by atoms with E-state index in [1.165, 1.54) is 18.2 Å². The van der Waals surface area contributed by atoms with E-state index in [4.69, 9.17) is 4.74 Å². The molecule has 164 valence electrons. The van der Waals surface area contributed by atoms with E-state index in [2.05, 4.69) is 19.6 Å². The van der Waals surface area contributed by atoms with Crippen LogP contribution in [0.3, 0.4) is 0 Å². The number of aromatic nitrogens is 2. The molecule has 1 unspecified atom stereocenters. The van der Waals surface area contributed by atoms with Crippen LogP contribution >= 0.6 is 0 Å². The maximum atomic E-state index is 13.0. The van der Waals surface area contributed by atoms with Crippen LogP contribution in [-0.2, 0) is 10.0 Å². The summed E-state index contributed by atoms with van der Waals surface area (Å²) in [5, 5.41) is 0. The van der Waals surface area contributed by atoms with Crippen molar-refractivity contribution < 1.29 is 13.2 Å². The number of methoxy groups -OCH3 is 1. The molecule has 2 heterocycles. The Morgan fingerprint density at radius 3 is 2.45 bits per heavy atom. The summed E-state index contributed by atoms with van der Waals surface area (Å²) in [5.74, 6) is 0.719. The number of nitrogens with one attached hydrogen (secondary N) is 3. The average molecular weight is 445 g/mol. The second-order valence-electron chi connectivity index (χ2n) is 7.50. The predicted octanol–water partition coefficient (Wildman–Crippen LogP) is 1.34. The highest BCUT2D eigenvalue weighted by Crippen LogP contribution is 2.27. The van der Waals surface area contributed by atoms with Gasteiger partial charge in [-0.2, -0.15) is 0 Å². The van der Waals surface area contributed by atoms with Crippen LogP contribution in [0.15, 0.2) is 56.9 Å². The zero-order valence-electron chi connectivity index (χ0n) is 17.1. The van der Waals surface area contributed by atoms with Crippen molar-refractivity contribution in [2.75, 3.05) is 26.7 Å². The van der Waals surface area contributed by atoms with Gasteiger partial charge in [-0.05, 0) is 61.8 Å². The second-order valence-corrected chi connectivity index (χ2v) is 9.27. The first-order valence-electron chi connectivity index (χ1n) is 10.0. The second kappa shape index (κ2) is 8.66. The standard InChI is InChI=1S/C21H24N4O5S/c1-30-15-6-4-5-14(11-15)19(25-9-2-3-10-25)13-22-31(28,29)16-7-8-17-18(12-16)24-21(27)20(26)23-17/h4-8,11-12,19,22H,2-3,9-10,13H2,1H3,(H,23,26)(H,24,27). The molecule has 0 radical (unpaired) electrons. The summed E-state index contributed by atoms with van der Waals surface area (Å²) in [6, 6.07) is 11.7. The summed E-state index contributed by atoms with van der Waals surface area (Å²) < 4.78 is 34.0. The summed E-state index contributed by atoms with van der Waals surface area (Å²) in [7, 11) is -2.24. The van der Waals surface area contributed by atoms with Gasteiger partial charge in [-0.25, -0.2) is 13.1 Å². The number of rotatable bonds is 7. The van der Waals surface area contributed by atoms with Crippen LogP contribution in [-0.4, -0.2) is 50.0 Å². The fourth-order valence-electron chi connectivity index (χ4n) is 3.89. The number of nitrogens with zero attached hydrogens (tertiary/aromatic N) is 1. The molecule has 1 aliphatic heterocycles. The Morgan fingerprint density at radius 2 is 1.74 bits per heavy atom. The number of aromatic amines is 2. The highest BCUT2D eigenvalue weighted by molar-refractivity contribution is 7.89. The van der Waals surface area contributed by atoms with Crippen molar-refractivity contribution in [1.29, 1.82) is 0 Å². The van der Waals surface area contributed by atoms with Crippen LogP contribution in [0, 0.1) is 0 Å². The molecular formula is C21H24N4O5S. The Hall–Kier alpha value is -2.95. The third-order valence-corrected chi connectivity index (χ3v) is 6.95. The van der Waals surface area contributed by atoms with E-state index in [0.29, 0.717) is 5.52 Å². The predicted molar refractivity (Wildman–Crippen MR) is 117 cm³/mol. The minimum atomic E-state index is -3.84. The van der Waals surface area contributed by atoms with Crippen LogP contribution < -0.4 is 20.6 Å². The van der Waals surface area contributed by atoms with Crippen LogP contribution in [0.1, 0.15) is 24.4 Å². The van der Waals surface area contributed by atoms with Crippen molar-refractivity contribution in [3.63, 3.8) is 0 Å². The Kier molecular flexibility index (Phi) is 5.94. The number of ether oxygens (including phenoxy) is 1. The van der Waals surface area contributed by atoms with Crippen molar-refractivity contribution in [1.82, 2.24) is 19.6 Å². The average Bonchev–Trinajstić information content (AvgIpc) is 3.29. The summed E-state index contributed by atoms with van der Waals surface area (Å²) in [6.07, 6.45) is 2.15. The molecule has 0 amide bonds. The largest absolute Gasteiger partial charge is 0.497 e. The SMILES string of the molecule is COc1cccc(C(CNS(=O)(=O)c2ccc3[nH]c(=O)c(=O)[nH]c3c2)N2CCCC2)c1. The van der Waals surface area contributed by atoms with E-state index in [9.17, 15) is 18.0 Å². The topological polar surface area (TPSA) is 124 Å². The lowest BCUT2D eigenvalue weighted by Gasteiger charge is -2.28. The van der Waals surface area contributed by atoms with E-state index in [1.54, 1.807) is 7.11 Å². The number of hydrogen-bond acceptors (Lipinski definition) is 6. The number of H-pyrrole nitrogens is 2. The molecule has 0 spiro atoms. The lowest BCUT2D eigenvalue weighted by molar-refractivity contribution is 0.246. The number of benzene rings is 2. The van der Waals surface area contributed by atoms with E-state index < -0.39 is 21.1 Å². The highest BCUT2D eigenvalue weighted by atomic mass is 32.2. The Balaban J connectivity index is 1.61. The molecule has 10 heteroatoms. The van der Waals surface area contributed by atoms with Gasteiger partial charge in [-0.15, -0.1) is 0 Å². The van der Waals surface area contributed by atoms with Crippen LogP contribution in [0.25, 0.3) is 11.0 Å². The molecule has 1 aromatic heterocycles. The maximum absolute atomic E-state index is 13.0. The Bertz CT molecular complexity index is 1310. The van der Waals surface area contributed by atoms with E-state index in [-0.39, 0.29) is 23.0 Å². The van der Waals surface area contributed by atoms with Gasteiger partial charge in [0.15, 0.2) is 0 Å². The van der Waals surface area contributed by atoms with E-state index in [0.717, 1.165) is 37.2 Å². The van der Waals surface area contributed by atoms with Gasteiger partial charge in [0.05, 0.1) is 23.0 Å². The molecular weight excluding hydrogens is 420 g/mol. The van der Waals surface area contributed by atoms with E-state index in [1.807, 2.05) is 24.3 Å². The minimum absolute atomic E-state index is 0.00788. The number of fused-ring (bicyclic) bond motifs is 1. The molecule has 1 fully saturated rings. The van der Waals surface area contributed by atoms with Gasteiger partial charge >= 0.3 is 11.1 Å². The molecule has 3 aromatic rings. The smallest absolute Gasteiger partial charge is 0.314 e. The van der Waals surface area contributed by atoms with Gasteiger partial charge in [0, 0.05) is 12.6 Å². The Morgan fingerprint density at radius 1 is 1.03 bits per heavy atom. The molecule has 1 aliphatic rings. The van der Waals surface area contributed by atoms with Crippen molar-refractivity contribution >= 4 is 21.1 Å². The van der Waals surface area contributed by atoms with Gasteiger partial charge in [0.25, 0.3) is 0 Å². The monoisotopic (exact) mass is 444 g/mol. The third kappa shape index (κ3) is 4.55. The van der Waals surface area contributed by atoms with Crippen LogP contribution in [0.2, 0.25) is 0 Å². The minimum Gasteiger partial charge on any atom is -0.497 e. The normalized spacial score (nSPS) is 15.9. The van der Waals surface area contributed by atoms with Gasteiger partial charge in [0.1, 0.15) is 5.75 Å². The van der Waals surface area contributed by atoms with Gasteiger partial charge in [-0.3, -0.25) is 14.5 Å². The first-order chi connectivity index (χ1) is 14.9. The maximum Gasteiger partial charge on any atom is 0.314 e. The molecule has 1 saturated heterocycles. The third-order valence-electron chi connectivity index (χ3n) is 5.53. The lowest BCUT2D eigenvalue weighted by Crippen LogP contribution is -2.36. The molecule has 0 saturated carbocycles. The molecule has 0 aliphatic carbocycles. The van der Waals surface area contributed by atoms with Gasteiger partial charge < -0.3 is 14.7 Å². The molecule has 31 heavy (non-hydrogen) atoms. The molecule has 3 N–H and O–H groups in total. The molecule has 4 rings (SSSR count). The Labute approximate surface area is 179 Å². The summed E-state index contributed by atoms with van der Waals surface area (Å²) >= 11 is 0. The summed E-state index contributed by atoms with van der Waals surface area (Å²) in [4.78, 5) is 30.1. The first-order valence-corrected chi connectivity index (χ1v) is 11.5. The zero-order chi connectivity index (χ0) is 22.0. The fourth-order valence-corrected chi connectivity index (χ4v) is 4.96. The molecule has 1 atom stereocenters. The lowest BCUT2D eigenvalue weighted by atomic mass is 10.1. The van der Waals surface area contributed by atoms with Crippen LogP contribution in [0.5, 0.6) is 5.75 Å².